The molecule has 1 heterocycles. The molecule has 1 aliphatic heterocycles. The first-order valence-corrected chi connectivity index (χ1v) is 7.14. The molecule has 1 atom stereocenters. The minimum Gasteiger partial charge on any atom is -0.374 e. The number of nitrogens with zero attached hydrogens (tertiary/aromatic N) is 1. The van der Waals surface area contributed by atoms with Crippen molar-refractivity contribution < 1.29 is 9.53 Å². The van der Waals surface area contributed by atoms with Crippen LogP contribution in [0.5, 0.6) is 0 Å². The second-order valence-electron chi connectivity index (χ2n) is 4.97. The fourth-order valence-electron chi connectivity index (χ4n) is 2.17. The van der Waals surface area contributed by atoms with Crippen molar-refractivity contribution in [1.82, 2.24) is 10.9 Å². The molecule has 0 saturated carbocycles. The van der Waals surface area contributed by atoms with Gasteiger partial charge in [0.15, 0.2) is 6.04 Å². The molecule has 112 valence electrons. The van der Waals surface area contributed by atoms with Crippen LogP contribution >= 0.6 is 0 Å². The maximum atomic E-state index is 11.9. The van der Waals surface area contributed by atoms with Crippen LogP contribution in [0.2, 0.25) is 0 Å². The van der Waals surface area contributed by atoms with Crippen LogP contribution in [0.25, 0.3) is 0 Å². The van der Waals surface area contributed by atoms with E-state index in [1.54, 1.807) is 0 Å². The van der Waals surface area contributed by atoms with Crippen LogP contribution in [0, 0.1) is 0 Å². The molecule has 5 heteroatoms. The third kappa shape index (κ3) is 3.51. The van der Waals surface area contributed by atoms with E-state index >= 15 is 0 Å². The largest absolute Gasteiger partial charge is 0.374 e. The van der Waals surface area contributed by atoms with Gasteiger partial charge in [-0.25, -0.2) is 0 Å². The zero-order chi connectivity index (χ0) is 15.2. The van der Waals surface area contributed by atoms with E-state index in [-0.39, 0.29) is 12.5 Å². The number of carbonyl (C=O) groups excluding carboxylic acids is 1. The Hall–Kier alpha value is -2.66. The maximum absolute atomic E-state index is 11.9. The summed E-state index contributed by atoms with van der Waals surface area (Å²) in [5.74, 6) is 0.459. The molecule has 0 fully saturated rings. The molecule has 2 aromatic carbocycles. The van der Waals surface area contributed by atoms with Gasteiger partial charge in [0, 0.05) is 5.56 Å². The lowest BCUT2D eigenvalue weighted by atomic mass is 10.2. The van der Waals surface area contributed by atoms with E-state index in [2.05, 4.69) is 15.8 Å². The number of nitrogens with one attached hydrogen (secondary N) is 2. The Bertz CT molecular complexity index is 656. The van der Waals surface area contributed by atoms with Crippen LogP contribution in [0.1, 0.15) is 11.1 Å². The first kappa shape index (κ1) is 14.3. The van der Waals surface area contributed by atoms with E-state index in [0.717, 1.165) is 11.1 Å². The third-order valence-corrected chi connectivity index (χ3v) is 3.33. The number of hydrazine groups is 1. The molecule has 2 aromatic rings. The van der Waals surface area contributed by atoms with Crippen molar-refractivity contribution >= 4 is 11.7 Å². The van der Waals surface area contributed by atoms with Crippen molar-refractivity contribution in [2.45, 2.75) is 12.6 Å². The summed E-state index contributed by atoms with van der Waals surface area (Å²) in [6.45, 7) is 0.715. The highest BCUT2D eigenvalue weighted by Crippen LogP contribution is 2.07. The molecule has 1 amide bonds. The van der Waals surface area contributed by atoms with Gasteiger partial charge in [-0.2, -0.15) is 0 Å². The van der Waals surface area contributed by atoms with E-state index in [0.29, 0.717) is 12.4 Å². The Morgan fingerprint density at radius 3 is 2.36 bits per heavy atom. The Balaban J connectivity index is 1.63. The van der Waals surface area contributed by atoms with Gasteiger partial charge < -0.3 is 4.74 Å². The average molecular weight is 295 g/mol. The number of hydrogen-bond donors (Lipinski definition) is 2. The highest BCUT2D eigenvalue weighted by molar-refractivity contribution is 6.03. The molecule has 2 N–H and O–H groups in total. The molecule has 0 radical (unpaired) electrons. The lowest BCUT2D eigenvalue weighted by molar-refractivity contribution is -0.124. The third-order valence-electron chi connectivity index (χ3n) is 3.33. The molecular weight excluding hydrogens is 278 g/mol. The molecule has 1 aliphatic rings. The summed E-state index contributed by atoms with van der Waals surface area (Å²) in [4.78, 5) is 16.3. The van der Waals surface area contributed by atoms with E-state index in [4.69, 9.17) is 4.74 Å². The van der Waals surface area contributed by atoms with Crippen LogP contribution in [0.4, 0.5) is 0 Å². The quantitative estimate of drug-likeness (QED) is 0.881. The number of hydrogen-bond acceptors (Lipinski definition) is 4. The van der Waals surface area contributed by atoms with Crippen molar-refractivity contribution in [2.24, 2.45) is 4.99 Å². The minimum absolute atomic E-state index is 0.187. The number of carbonyl (C=O) groups is 1. The first-order chi connectivity index (χ1) is 10.8. The second-order valence-corrected chi connectivity index (χ2v) is 4.97. The van der Waals surface area contributed by atoms with Gasteiger partial charge in [0.2, 0.25) is 0 Å². The maximum Gasteiger partial charge on any atom is 0.265 e. The minimum atomic E-state index is -0.542. The van der Waals surface area contributed by atoms with Gasteiger partial charge in [0.1, 0.15) is 5.84 Å². The van der Waals surface area contributed by atoms with Crippen LogP contribution < -0.4 is 10.9 Å². The van der Waals surface area contributed by atoms with Gasteiger partial charge in [-0.15, -0.1) is 0 Å². The predicted octanol–water partition coefficient (Wildman–Crippen LogP) is 1.65. The highest BCUT2D eigenvalue weighted by atomic mass is 16.5. The highest BCUT2D eigenvalue weighted by Gasteiger charge is 2.23. The molecule has 0 aliphatic carbocycles. The second kappa shape index (κ2) is 6.87. The average Bonchev–Trinajstić information content (AvgIpc) is 2.58. The van der Waals surface area contributed by atoms with Gasteiger partial charge in [-0.1, -0.05) is 60.7 Å². The van der Waals surface area contributed by atoms with E-state index in [9.17, 15) is 4.79 Å². The SMILES string of the molecule is O=C1NNC(c2ccccc2)=NC1COCc1ccccc1. The zero-order valence-electron chi connectivity index (χ0n) is 12.0. The van der Waals surface area contributed by atoms with Crippen molar-refractivity contribution in [2.75, 3.05) is 6.61 Å². The van der Waals surface area contributed by atoms with Crippen LogP contribution in [-0.4, -0.2) is 24.4 Å². The number of ether oxygens (including phenoxy) is 1. The molecular formula is C17H17N3O2. The fraction of sp³-hybridized carbons (Fsp3) is 0.176. The van der Waals surface area contributed by atoms with Crippen molar-refractivity contribution in [3.63, 3.8) is 0 Å². The molecule has 5 nitrogen and oxygen atoms in total. The number of benzene rings is 2. The van der Waals surface area contributed by atoms with Crippen molar-refractivity contribution in [1.29, 1.82) is 0 Å². The lowest BCUT2D eigenvalue weighted by Crippen LogP contribution is -2.52. The summed E-state index contributed by atoms with van der Waals surface area (Å²) >= 11 is 0. The zero-order valence-corrected chi connectivity index (χ0v) is 12.0. The molecule has 3 rings (SSSR count). The Kier molecular flexibility index (Phi) is 4.46. The topological polar surface area (TPSA) is 62.7 Å². The van der Waals surface area contributed by atoms with Crippen LogP contribution in [0.15, 0.2) is 65.7 Å². The van der Waals surface area contributed by atoms with E-state index in [1.165, 1.54) is 0 Å². The molecule has 1 unspecified atom stereocenters. The molecule has 0 spiro atoms. The van der Waals surface area contributed by atoms with Gasteiger partial charge >= 0.3 is 0 Å². The summed E-state index contributed by atoms with van der Waals surface area (Å²) in [7, 11) is 0. The molecule has 0 bridgehead atoms. The van der Waals surface area contributed by atoms with Gasteiger partial charge in [0.05, 0.1) is 13.2 Å². The fourth-order valence-corrected chi connectivity index (χ4v) is 2.17. The summed E-state index contributed by atoms with van der Waals surface area (Å²) in [5, 5.41) is 0. The van der Waals surface area contributed by atoms with E-state index in [1.807, 2.05) is 60.7 Å². The smallest absolute Gasteiger partial charge is 0.265 e. The number of amidine groups is 1. The standard InChI is InChI=1S/C17H17N3O2/c21-17-15(12-22-11-13-7-3-1-4-8-13)18-16(19-20-17)14-9-5-2-6-10-14/h1-10,15H,11-12H2,(H,18,19)(H,20,21). The summed E-state index contributed by atoms with van der Waals surface area (Å²) < 4.78 is 5.62. The summed E-state index contributed by atoms with van der Waals surface area (Å²) in [6.07, 6.45) is 0. The summed E-state index contributed by atoms with van der Waals surface area (Å²) in [6, 6.07) is 19.0. The number of amides is 1. The van der Waals surface area contributed by atoms with Crippen molar-refractivity contribution in [3.05, 3.63) is 71.8 Å². The van der Waals surface area contributed by atoms with Gasteiger partial charge in [0.25, 0.3) is 5.91 Å². The molecule has 0 aromatic heterocycles. The predicted molar refractivity (Wildman–Crippen MR) is 84.1 cm³/mol. The molecule has 0 saturated heterocycles. The first-order valence-electron chi connectivity index (χ1n) is 7.14. The lowest BCUT2D eigenvalue weighted by Gasteiger charge is -2.22. The Morgan fingerprint density at radius 2 is 1.64 bits per heavy atom. The molecule has 22 heavy (non-hydrogen) atoms. The van der Waals surface area contributed by atoms with E-state index < -0.39 is 6.04 Å². The normalized spacial score (nSPS) is 17.4. The Labute approximate surface area is 129 Å². The Morgan fingerprint density at radius 1 is 0.955 bits per heavy atom. The van der Waals surface area contributed by atoms with Gasteiger partial charge in [-0.05, 0) is 5.56 Å². The number of rotatable bonds is 5. The van der Waals surface area contributed by atoms with Crippen LogP contribution in [0.3, 0.4) is 0 Å². The van der Waals surface area contributed by atoms with Gasteiger partial charge in [-0.3, -0.25) is 20.6 Å². The van der Waals surface area contributed by atoms with Crippen molar-refractivity contribution in [3.8, 4) is 0 Å². The monoisotopic (exact) mass is 295 g/mol. The summed E-state index contributed by atoms with van der Waals surface area (Å²) in [5.41, 5.74) is 7.45. The van der Waals surface area contributed by atoms with Crippen LogP contribution in [-0.2, 0) is 16.1 Å². The number of aliphatic imine (C=N–C) groups is 1.